The highest BCUT2D eigenvalue weighted by Crippen LogP contribution is 2.41. The number of hydrogen-bond acceptors (Lipinski definition) is 7. The number of likely N-dealkylation sites (N-methyl/N-ethyl adjacent to an activating group) is 2. The van der Waals surface area contributed by atoms with Crippen LogP contribution in [0, 0.1) is 0 Å². The maximum absolute atomic E-state index is 12.0. The molecule has 2 aromatic heterocycles. The number of thiophene rings is 1. The maximum atomic E-state index is 12.0. The highest BCUT2D eigenvalue weighted by atomic mass is 35.5. The average Bonchev–Trinajstić information content (AvgIpc) is 3.24. The molecule has 0 aliphatic carbocycles. The van der Waals surface area contributed by atoms with Crippen molar-refractivity contribution in [1.29, 1.82) is 0 Å². The van der Waals surface area contributed by atoms with Crippen LogP contribution in [0.2, 0.25) is 5.02 Å². The van der Waals surface area contributed by atoms with E-state index in [9.17, 15) is 9.59 Å². The summed E-state index contributed by atoms with van der Waals surface area (Å²) in [5, 5.41) is 12.2. The fourth-order valence-electron chi connectivity index (χ4n) is 2.13. The number of hydrogen-bond donors (Lipinski definition) is 1. The van der Waals surface area contributed by atoms with Crippen LogP contribution in [-0.4, -0.2) is 53.3 Å². The molecule has 0 radical (unpaired) electrons. The predicted molar refractivity (Wildman–Crippen MR) is 103 cm³/mol. The third-order valence-electron chi connectivity index (χ3n) is 3.54. The van der Waals surface area contributed by atoms with E-state index in [-0.39, 0.29) is 29.3 Å². The van der Waals surface area contributed by atoms with Crippen molar-refractivity contribution in [3.05, 3.63) is 29.3 Å². The molecule has 0 aliphatic heterocycles. The van der Waals surface area contributed by atoms with E-state index in [0.717, 1.165) is 21.8 Å². The normalized spacial score (nSPS) is 10.9. The van der Waals surface area contributed by atoms with Gasteiger partial charge in [0.1, 0.15) is 4.88 Å². The molecule has 3 rings (SSSR count). The fourth-order valence-corrected chi connectivity index (χ4v) is 4.26. The molecule has 3 aromatic rings. The van der Waals surface area contributed by atoms with E-state index in [0.29, 0.717) is 15.8 Å². The van der Waals surface area contributed by atoms with Crippen LogP contribution in [0.5, 0.6) is 0 Å². The summed E-state index contributed by atoms with van der Waals surface area (Å²) in [5.74, 6) is -0.0247. The second-order valence-corrected chi connectivity index (χ2v) is 7.68. The third-order valence-corrected chi connectivity index (χ3v) is 6.01. The van der Waals surface area contributed by atoms with Gasteiger partial charge >= 0.3 is 0 Å². The summed E-state index contributed by atoms with van der Waals surface area (Å²) in [6, 6.07) is 7.77. The Morgan fingerprint density at radius 2 is 2.12 bits per heavy atom. The zero-order valence-corrected chi connectivity index (χ0v) is 16.4. The molecule has 2 amide bonds. The summed E-state index contributed by atoms with van der Waals surface area (Å²) in [5.41, 5.74) is 0. The Hall–Kier alpha value is -2.10. The first kappa shape index (κ1) is 18.7. The Morgan fingerprint density at radius 3 is 2.85 bits per heavy atom. The number of thioether (sulfide) groups is 1. The fraction of sp³-hybridized carbons (Fsp3) is 0.250. The Balaban J connectivity index is 1.67. The summed E-state index contributed by atoms with van der Waals surface area (Å²) in [4.78, 5) is 25.4. The van der Waals surface area contributed by atoms with Gasteiger partial charge in [-0.05, 0) is 6.07 Å². The largest absolute Gasteiger partial charge is 0.410 e. The number of nitrogens with one attached hydrogen (secondary N) is 1. The Kier molecular flexibility index (Phi) is 5.80. The molecule has 0 saturated heterocycles. The molecule has 0 aliphatic rings. The molecule has 26 heavy (non-hydrogen) atoms. The predicted octanol–water partition coefficient (Wildman–Crippen LogP) is 2.90. The third kappa shape index (κ3) is 4.00. The van der Waals surface area contributed by atoms with Gasteiger partial charge < -0.3 is 14.6 Å². The number of carbonyl (C=O) groups is 2. The summed E-state index contributed by atoms with van der Waals surface area (Å²) in [6.07, 6.45) is 0. The lowest BCUT2D eigenvalue weighted by molar-refractivity contribution is -0.132. The molecule has 7 nitrogen and oxygen atoms in total. The number of nitrogens with zero attached hydrogens (tertiary/aromatic N) is 3. The summed E-state index contributed by atoms with van der Waals surface area (Å²) in [6.45, 7) is 0.00235. The highest BCUT2D eigenvalue weighted by Gasteiger charge is 2.19. The van der Waals surface area contributed by atoms with Crippen LogP contribution < -0.4 is 5.32 Å². The number of amides is 2. The van der Waals surface area contributed by atoms with Crippen molar-refractivity contribution in [3.63, 3.8) is 0 Å². The SMILES string of the molecule is CNC(=O)CN(C)C(=O)CSc1nnc(-c2sc3ccccc3c2Cl)o1. The lowest BCUT2D eigenvalue weighted by Crippen LogP contribution is -2.37. The van der Waals surface area contributed by atoms with E-state index in [1.807, 2.05) is 24.3 Å². The lowest BCUT2D eigenvalue weighted by Gasteiger charge is -2.14. The van der Waals surface area contributed by atoms with E-state index >= 15 is 0 Å². The first-order chi connectivity index (χ1) is 12.5. The second-order valence-electron chi connectivity index (χ2n) is 5.33. The van der Waals surface area contributed by atoms with Gasteiger partial charge in [-0.25, -0.2) is 0 Å². The van der Waals surface area contributed by atoms with Crippen molar-refractivity contribution < 1.29 is 14.0 Å². The van der Waals surface area contributed by atoms with Crippen molar-refractivity contribution in [3.8, 4) is 10.8 Å². The average molecular weight is 411 g/mol. The minimum Gasteiger partial charge on any atom is -0.410 e. The van der Waals surface area contributed by atoms with Gasteiger partial charge in [-0.15, -0.1) is 21.5 Å². The van der Waals surface area contributed by atoms with Gasteiger partial charge in [0.2, 0.25) is 11.8 Å². The van der Waals surface area contributed by atoms with E-state index in [2.05, 4.69) is 15.5 Å². The van der Waals surface area contributed by atoms with Gasteiger partial charge in [0.15, 0.2) is 0 Å². The first-order valence-corrected chi connectivity index (χ1v) is 9.76. The molecule has 0 spiro atoms. The smallest absolute Gasteiger partial charge is 0.277 e. The number of rotatable bonds is 6. The zero-order valence-electron chi connectivity index (χ0n) is 14.0. The molecule has 0 unspecified atom stereocenters. The standard InChI is InChI=1S/C16H15ClN4O3S2/c1-18-11(22)7-21(2)12(23)8-25-16-20-19-15(24-16)14-13(17)9-5-3-4-6-10(9)26-14/h3-6H,7-8H2,1-2H3,(H,18,22). The van der Waals surface area contributed by atoms with Crippen molar-refractivity contribution in [2.24, 2.45) is 0 Å². The number of fused-ring (bicyclic) bond motifs is 1. The van der Waals surface area contributed by atoms with Crippen LogP contribution in [0.15, 0.2) is 33.9 Å². The van der Waals surface area contributed by atoms with Gasteiger partial charge in [0.25, 0.3) is 11.1 Å². The first-order valence-electron chi connectivity index (χ1n) is 7.58. The van der Waals surface area contributed by atoms with E-state index in [4.69, 9.17) is 16.0 Å². The lowest BCUT2D eigenvalue weighted by atomic mass is 10.2. The van der Waals surface area contributed by atoms with Crippen LogP contribution >= 0.6 is 34.7 Å². The molecule has 10 heteroatoms. The van der Waals surface area contributed by atoms with Crippen LogP contribution in [0.25, 0.3) is 20.9 Å². The summed E-state index contributed by atoms with van der Waals surface area (Å²) >= 11 is 9.00. The molecular formula is C16H15ClN4O3S2. The van der Waals surface area contributed by atoms with E-state index in [1.54, 1.807) is 7.05 Å². The summed E-state index contributed by atoms with van der Waals surface area (Å²) in [7, 11) is 3.09. The molecule has 0 fully saturated rings. The maximum Gasteiger partial charge on any atom is 0.277 e. The summed E-state index contributed by atoms with van der Waals surface area (Å²) < 4.78 is 6.66. The number of carbonyl (C=O) groups excluding carboxylic acids is 2. The molecule has 2 heterocycles. The zero-order chi connectivity index (χ0) is 18.7. The molecule has 1 N–H and O–H groups in total. The highest BCUT2D eigenvalue weighted by molar-refractivity contribution is 7.99. The van der Waals surface area contributed by atoms with Gasteiger partial charge in [-0.2, -0.15) is 0 Å². The van der Waals surface area contributed by atoms with E-state index < -0.39 is 0 Å². The minimum absolute atomic E-state index is 0.00235. The Bertz CT molecular complexity index is 956. The van der Waals surface area contributed by atoms with Gasteiger partial charge in [-0.1, -0.05) is 41.6 Å². The molecule has 136 valence electrons. The minimum atomic E-state index is -0.231. The van der Waals surface area contributed by atoms with Crippen LogP contribution in [0.3, 0.4) is 0 Å². The quantitative estimate of drug-likeness (QED) is 0.628. The van der Waals surface area contributed by atoms with E-state index in [1.165, 1.54) is 23.3 Å². The Labute approximate surface area is 162 Å². The number of aromatic nitrogens is 2. The number of halogens is 1. The molecular weight excluding hydrogens is 396 g/mol. The van der Waals surface area contributed by atoms with Gasteiger partial charge in [0.05, 0.1) is 17.3 Å². The Morgan fingerprint density at radius 1 is 1.35 bits per heavy atom. The van der Waals surface area contributed by atoms with Crippen molar-refractivity contribution in [1.82, 2.24) is 20.4 Å². The monoisotopic (exact) mass is 410 g/mol. The van der Waals surface area contributed by atoms with Crippen molar-refractivity contribution in [2.75, 3.05) is 26.4 Å². The molecule has 0 saturated carbocycles. The molecule has 0 bridgehead atoms. The van der Waals surface area contributed by atoms with Crippen LogP contribution in [0.4, 0.5) is 0 Å². The van der Waals surface area contributed by atoms with Crippen LogP contribution in [-0.2, 0) is 9.59 Å². The van der Waals surface area contributed by atoms with Gasteiger partial charge in [0, 0.05) is 24.2 Å². The molecule has 0 atom stereocenters. The van der Waals surface area contributed by atoms with Gasteiger partial charge in [-0.3, -0.25) is 9.59 Å². The van der Waals surface area contributed by atoms with Crippen molar-refractivity contribution >= 4 is 56.6 Å². The molecule has 1 aromatic carbocycles. The van der Waals surface area contributed by atoms with Crippen molar-refractivity contribution in [2.45, 2.75) is 5.22 Å². The second kappa shape index (κ2) is 8.07. The topological polar surface area (TPSA) is 88.3 Å². The van der Waals surface area contributed by atoms with Crippen LogP contribution in [0.1, 0.15) is 0 Å². The number of benzene rings is 1.